The standard InChI is InChI=1S/C20H28N4O2S/c1-11-7-9-15(10-8-11)23(5)20(26)17-14(4)21-18(27-17)16-12(2)13(3)22-24(6)19(16)25/h11,15H,7-10H2,1-6H3. The SMILES string of the molecule is Cc1nc(-c2c(C)c(C)nn(C)c2=O)sc1C(=O)N(C)C1CCC(C)CC1. The fourth-order valence-corrected chi connectivity index (χ4v) is 4.90. The van der Waals surface area contributed by atoms with Gasteiger partial charge in [0, 0.05) is 20.1 Å². The molecule has 7 heteroatoms. The second-order valence-corrected chi connectivity index (χ2v) is 8.78. The normalized spacial score (nSPS) is 19.9. The van der Waals surface area contributed by atoms with Crippen LogP contribution >= 0.6 is 11.3 Å². The molecule has 2 aromatic heterocycles. The predicted octanol–water partition coefficient (Wildman–Crippen LogP) is 3.48. The molecule has 0 saturated heterocycles. The molecule has 0 aromatic carbocycles. The van der Waals surface area contributed by atoms with E-state index in [4.69, 9.17) is 0 Å². The molecule has 3 rings (SSSR count). The number of aryl methyl sites for hydroxylation is 3. The predicted molar refractivity (Wildman–Crippen MR) is 108 cm³/mol. The number of thiazole rings is 1. The summed E-state index contributed by atoms with van der Waals surface area (Å²) in [6.45, 7) is 7.88. The van der Waals surface area contributed by atoms with Crippen molar-refractivity contribution in [2.75, 3.05) is 7.05 Å². The first-order valence-electron chi connectivity index (χ1n) is 9.50. The molecule has 1 saturated carbocycles. The first-order chi connectivity index (χ1) is 12.7. The summed E-state index contributed by atoms with van der Waals surface area (Å²) < 4.78 is 1.34. The van der Waals surface area contributed by atoms with Crippen molar-refractivity contribution in [3.63, 3.8) is 0 Å². The molecule has 146 valence electrons. The van der Waals surface area contributed by atoms with Crippen LogP contribution in [-0.4, -0.2) is 38.7 Å². The number of hydrogen-bond acceptors (Lipinski definition) is 5. The lowest BCUT2D eigenvalue weighted by molar-refractivity contribution is 0.0683. The number of hydrogen-bond donors (Lipinski definition) is 0. The first kappa shape index (κ1) is 19.7. The molecule has 0 atom stereocenters. The Morgan fingerprint density at radius 2 is 1.78 bits per heavy atom. The highest BCUT2D eigenvalue weighted by atomic mass is 32.1. The maximum Gasteiger partial charge on any atom is 0.277 e. The lowest BCUT2D eigenvalue weighted by atomic mass is 9.87. The average molecular weight is 389 g/mol. The molecule has 0 unspecified atom stereocenters. The molecule has 6 nitrogen and oxygen atoms in total. The zero-order valence-electron chi connectivity index (χ0n) is 17.0. The first-order valence-corrected chi connectivity index (χ1v) is 10.3. The van der Waals surface area contributed by atoms with Crippen LogP contribution in [0.15, 0.2) is 4.79 Å². The molecule has 0 N–H and O–H groups in total. The van der Waals surface area contributed by atoms with Crippen LogP contribution in [0.5, 0.6) is 0 Å². The number of rotatable bonds is 3. The number of amides is 1. The van der Waals surface area contributed by atoms with Crippen molar-refractivity contribution in [1.29, 1.82) is 0 Å². The maximum atomic E-state index is 13.1. The van der Waals surface area contributed by atoms with Crippen LogP contribution < -0.4 is 5.56 Å². The fraction of sp³-hybridized carbons (Fsp3) is 0.600. The maximum absolute atomic E-state index is 13.1. The monoisotopic (exact) mass is 388 g/mol. The van der Waals surface area contributed by atoms with Gasteiger partial charge in [0.2, 0.25) is 0 Å². The molecule has 1 fully saturated rings. The number of nitrogens with zero attached hydrogens (tertiary/aromatic N) is 4. The molecule has 2 heterocycles. The van der Waals surface area contributed by atoms with E-state index in [-0.39, 0.29) is 17.5 Å². The van der Waals surface area contributed by atoms with Gasteiger partial charge in [-0.25, -0.2) is 9.67 Å². The Morgan fingerprint density at radius 1 is 1.15 bits per heavy atom. The minimum Gasteiger partial charge on any atom is -0.338 e. The third kappa shape index (κ3) is 3.70. The summed E-state index contributed by atoms with van der Waals surface area (Å²) in [5, 5.41) is 4.83. The fourth-order valence-electron chi connectivity index (χ4n) is 3.76. The van der Waals surface area contributed by atoms with Crippen molar-refractivity contribution >= 4 is 17.2 Å². The number of carbonyl (C=O) groups excluding carboxylic acids is 1. The van der Waals surface area contributed by atoms with Crippen LogP contribution in [0.4, 0.5) is 0 Å². The Morgan fingerprint density at radius 3 is 2.41 bits per heavy atom. The molecular formula is C20H28N4O2S. The summed E-state index contributed by atoms with van der Waals surface area (Å²) in [4.78, 5) is 32.8. The lowest BCUT2D eigenvalue weighted by Gasteiger charge is -2.33. The summed E-state index contributed by atoms with van der Waals surface area (Å²) in [6.07, 6.45) is 4.44. The minimum atomic E-state index is -0.180. The summed E-state index contributed by atoms with van der Waals surface area (Å²) in [7, 11) is 3.53. The highest BCUT2D eigenvalue weighted by molar-refractivity contribution is 7.17. The Kier molecular flexibility index (Phi) is 5.51. The Bertz CT molecular complexity index is 923. The van der Waals surface area contributed by atoms with Crippen molar-refractivity contribution < 1.29 is 4.79 Å². The van der Waals surface area contributed by atoms with E-state index in [0.29, 0.717) is 21.1 Å². The van der Waals surface area contributed by atoms with Gasteiger partial charge in [0.25, 0.3) is 11.5 Å². The van der Waals surface area contributed by atoms with Gasteiger partial charge in [-0.3, -0.25) is 9.59 Å². The van der Waals surface area contributed by atoms with Gasteiger partial charge >= 0.3 is 0 Å². The van der Waals surface area contributed by atoms with Crippen molar-refractivity contribution in [3.05, 3.63) is 32.2 Å². The molecule has 1 amide bonds. The van der Waals surface area contributed by atoms with Gasteiger partial charge in [0.05, 0.1) is 17.0 Å². The largest absolute Gasteiger partial charge is 0.338 e. The second-order valence-electron chi connectivity index (χ2n) is 7.78. The van der Waals surface area contributed by atoms with Gasteiger partial charge in [0.1, 0.15) is 9.88 Å². The van der Waals surface area contributed by atoms with Gasteiger partial charge < -0.3 is 4.90 Å². The van der Waals surface area contributed by atoms with Crippen LogP contribution in [0.3, 0.4) is 0 Å². The van der Waals surface area contributed by atoms with Crippen LogP contribution in [0.25, 0.3) is 10.6 Å². The molecule has 1 aliphatic rings. The van der Waals surface area contributed by atoms with Crippen LogP contribution in [0, 0.1) is 26.7 Å². The van der Waals surface area contributed by atoms with E-state index in [1.165, 1.54) is 28.9 Å². The van der Waals surface area contributed by atoms with Gasteiger partial charge in [0.15, 0.2) is 0 Å². The Hall–Kier alpha value is -2.02. The number of aromatic nitrogens is 3. The topological polar surface area (TPSA) is 68.1 Å². The van der Waals surface area contributed by atoms with E-state index in [1.54, 1.807) is 7.05 Å². The zero-order valence-corrected chi connectivity index (χ0v) is 17.8. The van der Waals surface area contributed by atoms with Crippen molar-refractivity contribution in [3.8, 4) is 10.6 Å². The average Bonchev–Trinajstić information content (AvgIpc) is 3.01. The molecule has 0 spiro atoms. The van der Waals surface area contributed by atoms with Crippen LogP contribution in [-0.2, 0) is 7.05 Å². The van der Waals surface area contributed by atoms with E-state index in [0.717, 1.165) is 30.0 Å². The van der Waals surface area contributed by atoms with E-state index in [1.807, 2.05) is 32.7 Å². The van der Waals surface area contributed by atoms with Gasteiger partial charge in [-0.2, -0.15) is 5.10 Å². The number of carbonyl (C=O) groups is 1. The van der Waals surface area contributed by atoms with Crippen molar-refractivity contribution in [1.82, 2.24) is 19.7 Å². The van der Waals surface area contributed by atoms with E-state index in [2.05, 4.69) is 17.0 Å². The Balaban J connectivity index is 1.94. The van der Waals surface area contributed by atoms with E-state index in [9.17, 15) is 9.59 Å². The quantitative estimate of drug-likeness (QED) is 0.807. The minimum absolute atomic E-state index is 0.0102. The molecule has 0 radical (unpaired) electrons. The van der Waals surface area contributed by atoms with Crippen LogP contribution in [0.1, 0.15) is 59.2 Å². The zero-order chi connectivity index (χ0) is 19.9. The smallest absolute Gasteiger partial charge is 0.277 e. The van der Waals surface area contributed by atoms with Gasteiger partial charge in [-0.05, 0) is 57.9 Å². The van der Waals surface area contributed by atoms with Crippen molar-refractivity contribution in [2.45, 2.75) is 59.4 Å². The summed E-state index contributed by atoms with van der Waals surface area (Å²) in [6, 6.07) is 0.288. The summed E-state index contributed by atoms with van der Waals surface area (Å²) >= 11 is 1.32. The third-order valence-electron chi connectivity index (χ3n) is 5.78. The van der Waals surface area contributed by atoms with E-state index >= 15 is 0 Å². The molecule has 27 heavy (non-hydrogen) atoms. The highest BCUT2D eigenvalue weighted by Crippen LogP contribution is 2.32. The second kappa shape index (κ2) is 7.54. The molecule has 1 aliphatic carbocycles. The van der Waals surface area contributed by atoms with Gasteiger partial charge in [-0.1, -0.05) is 6.92 Å². The van der Waals surface area contributed by atoms with Crippen molar-refractivity contribution in [2.24, 2.45) is 13.0 Å². The molecule has 0 aliphatic heterocycles. The Labute approximate surface area is 164 Å². The van der Waals surface area contributed by atoms with Gasteiger partial charge in [-0.15, -0.1) is 11.3 Å². The van der Waals surface area contributed by atoms with Crippen LogP contribution in [0.2, 0.25) is 0 Å². The molecule has 2 aromatic rings. The summed E-state index contributed by atoms with van der Waals surface area (Å²) in [5.41, 5.74) is 2.67. The molecular weight excluding hydrogens is 360 g/mol. The third-order valence-corrected chi connectivity index (χ3v) is 6.95. The summed E-state index contributed by atoms with van der Waals surface area (Å²) in [5.74, 6) is 0.756. The van der Waals surface area contributed by atoms with E-state index < -0.39 is 0 Å². The molecule has 0 bridgehead atoms. The lowest BCUT2D eigenvalue weighted by Crippen LogP contribution is -2.39. The highest BCUT2D eigenvalue weighted by Gasteiger charge is 2.28.